The summed E-state index contributed by atoms with van der Waals surface area (Å²) in [7, 11) is 0. The van der Waals surface area contributed by atoms with E-state index in [1.165, 1.54) is 6.20 Å². The summed E-state index contributed by atoms with van der Waals surface area (Å²) in [5, 5.41) is 8.80. The number of anilines is 1. The topological polar surface area (TPSA) is 62.7 Å². The molecule has 0 radical (unpaired) electrons. The van der Waals surface area contributed by atoms with Crippen LogP contribution in [-0.4, -0.2) is 41.4 Å². The highest BCUT2D eigenvalue weighted by molar-refractivity contribution is 5.87. The van der Waals surface area contributed by atoms with Crippen molar-refractivity contribution in [1.29, 1.82) is 0 Å². The number of aromatic nitrogens is 1. The number of carboxylic acid groups (broad SMARTS) is 1. The lowest BCUT2D eigenvalue weighted by Gasteiger charge is -2.36. The van der Waals surface area contributed by atoms with Crippen molar-refractivity contribution in [2.45, 2.75) is 26.1 Å². The van der Waals surface area contributed by atoms with Crippen molar-refractivity contribution in [3.8, 4) is 0 Å². The molecule has 2 atom stereocenters. The Morgan fingerprint density at radius 1 is 1.41 bits per heavy atom. The van der Waals surface area contributed by atoms with E-state index in [4.69, 9.17) is 9.84 Å². The zero-order valence-corrected chi connectivity index (χ0v) is 9.96. The van der Waals surface area contributed by atoms with Crippen LogP contribution in [0.5, 0.6) is 0 Å². The van der Waals surface area contributed by atoms with E-state index in [9.17, 15) is 4.79 Å². The molecule has 5 heteroatoms. The van der Waals surface area contributed by atoms with Crippen molar-refractivity contribution in [1.82, 2.24) is 4.98 Å². The summed E-state index contributed by atoms with van der Waals surface area (Å²) in [4.78, 5) is 17.0. The summed E-state index contributed by atoms with van der Waals surface area (Å²) in [6, 6.07) is 3.32. The number of morpholine rings is 1. The Hall–Kier alpha value is -1.62. The lowest BCUT2D eigenvalue weighted by Crippen LogP contribution is -2.45. The van der Waals surface area contributed by atoms with Crippen molar-refractivity contribution in [2.24, 2.45) is 0 Å². The van der Waals surface area contributed by atoms with Crippen LogP contribution in [0.3, 0.4) is 0 Å². The third kappa shape index (κ3) is 2.74. The molecule has 2 unspecified atom stereocenters. The van der Waals surface area contributed by atoms with Gasteiger partial charge < -0.3 is 14.7 Å². The fourth-order valence-corrected chi connectivity index (χ4v) is 2.06. The van der Waals surface area contributed by atoms with Crippen LogP contribution in [0, 0.1) is 0 Å². The van der Waals surface area contributed by atoms with Crippen LogP contribution in [0.25, 0.3) is 0 Å². The Morgan fingerprint density at radius 2 is 2.06 bits per heavy atom. The number of nitrogens with zero attached hydrogens (tertiary/aromatic N) is 2. The second kappa shape index (κ2) is 4.71. The molecule has 0 aromatic carbocycles. The van der Waals surface area contributed by atoms with Gasteiger partial charge in [0.1, 0.15) is 5.82 Å². The Labute approximate surface area is 100 Å². The molecule has 1 aromatic rings. The molecule has 1 N–H and O–H groups in total. The Bertz CT molecular complexity index is 395. The monoisotopic (exact) mass is 236 g/mol. The van der Waals surface area contributed by atoms with Gasteiger partial charge in [-0.3, -0.25) is 0 Å². The highest BCUT2D eigenvalue weighted by Crippen LogP contribution is 2.18. The van der Waals surface area contributed by atoms with Gasteiger partial charge in [-0.1, -0.05) is 0 Å². The molecule has 1 saturated heterocycles. The number of carboxylic acids is 1. The summed E-state index contributed by atoms with van der Waals surface area (Å²) >= 11 is 0. The summed E-state index contributed by atoms with van der Waals surface area (Å²) in [5.74, 6) is -0.148. The third-order valence-electron chi connectivity index (χ3n) is 2.74. The van der Waals surface area contributed by atoms with E-state index >= 15 is 0 Å². The van der Waals surface area contributed by atoms with Gasteiger partial charge in [-0.15, -0.1) is 0 Å². The van der Waals surface area contributed by atoms with Gasteiger partial charge in [0.25, 0.3) is 0 Å². The first-order valence-corrected chi connectivity index (χ1v) is 5.66. The fourth-order valence-electron chi connectivity index (χ4n) is 2.06. The summed E-state index contributed by atoms with van der Waals surface area (Å²) < 4.78 is 5.64. The van der Waals surface area contributed by atoms with Gasteiger partial charge in [0.2, 0.25) is 0 Å². The second-order valence-corrected chi connectivity index (χ2v) is 4.37. The number of hydrogen-bond donors (Lipinski definition) is 1. The number of pyridine rings is 1. The molecule has 92 valence electrons. The van der Waals surface area contributed by atoms with Gasteiger partial charge in [-0.05, 0) is 26.0 Å². The Kier molecular flexibility index (Phi) is 3.28. The van der Waals surface area contributed by atoms with Gasteiger partial charge in [0, 0.05) is 19.3 Å². The van der Waals surface area contributed by atoms with Gasteiger partial charge in [0.05, 0.1) is 17.8 Å². The van der Waals surface area contributed by atoms with Gasteiger partial charge in [0.15, 0.2) is 0 Å². The van der Waals surface area contributed by atoms with E-state index in [-0.39, 0.29) is 17.8 Å². The molecule has 0 spiro atoms. The molecular weight excluding hydrogens is 220 g/mol. The number of aromatic carboxylic acids is 1. The average Bonchev–Trinajstić information content (AvgIpc) is 2.28. The minimum Gasteiger partial charge on any atom is -0.478 e. The minimum atomic E-state index is -0.951. The smallest absolute Gasteiger partial charge is 0.337 e. The second-order valence-electron chi connectivity index (χ2n) is 4.37. The van der Waals surface area contributed by atoms with Crippen LogP contribution in [0.4, 0.5) is 5.82 Å². The van der Waals surface area contributed by atoms with Crippen molar-refractivity contribution in [3.63, 3.8) is 0 Å². The van der Waals surface area contributed by atoms with Crippen molar-refractivity contribution >= 4 is 11.8 Å². The lowest BCUT2D eigenvalue weighted by molar-refractivity contribution is -0.00546. The summed E-state index contributed by atoms with van der Waals surface area (Å²) in [6.07, 6.45) is 1.72. The fraction of sp³-hybridized carbons (Fsp3) is 0.500. The minimum absolute atomic E-state index is 0.166. The normalized spacial score (nSPS) is 24.7. The standard InChI is InChI=1S/C12H16N2O3/c1-8-6-14(7-9(2)17-8)11-4-3-10(5-13-11)12(15)16/h3-5,8-9H,6-7H2,1-2H3,(H,15,16). The van der Waals surface area contributed by atoms with E-state index in [0.29, 0.717) is 0 Å². The van der Waals surface area contributed by atoms with Crippen LogP contribution < -0.4 is 4.90 Å². The predicted molar refractivity (Wildman–Crippen MR) is 63.4 cm³/mol. The molecule has 17 heavy (non-hydrogen) atoms. The first kappa shape index (κ1) is 11.9. The molecular formula is C12H16N2O3. The number of rotatable bonds is 2. The molecule has 1 aliphatic rings. The first-order valence-electron chi connectivity index (χ1n) is 5.66. The maximum absolute atomic E-state index is 10.7. The zero-order valence-electron chi connectivity index (χ0n) is 9.96. The number of carbonyl (C=O) groups is 1. The maximum Gasteiger partial charge on any atom is 0.337 e. The molecule has 2 rings (SSSR count). The highest BCUT2D eigenvalue weighted by atomic mass is 16.5. The predicted octanol–water partition coefficient (Wildman–Crippen LogP) is 1.39. The average molecular weight is 236 g/mol. The maximum atomic E-state index is 10.7. The molecule has 1 aliphatic heterocycles. The number of hydrogen-bond acceptors (Lipinski definition) is 4. The van der Waals surface area contributed by atoms with E-state index in [1.807, 2.05) is 13.8 Å². The largest absolute Gasteiger partial charge is 0.478 e. The van der Waals surface area contributed by atoms with Crippen molar-refractivity contribution < 1.29 is 14.6 Å². The van der Waals surface area contributed by atoms with Crippen LogP contribution in [0.1, 0.15) is 24.2 Å². The molecule has 1 aromatic heterocycles. The Morgan fingerprint density at radius 3 is 2.53 bits per heavy atom. The zero-order chi connectivity index (χ0) is 12.4. The number of ether oxygens (including phenoxy) is 1. The Balaban J connectivity index is 2.14. The van der Waals surface area contributed by atoms with E-state index in [1.54, 1.807) is 12.1 Å². The molecule has 2 heterocycles. The molecule has 0 saturated carbocycles. The van der Waals surface area contributed by atoms with Crippen LogP contribution in [-0.2, 0) is 4.74 Å². The van der Waals surface area contributed by atoms with Crippen LogP contribution >= 0.6 is 0 Å². The SMILES string of the molecule is CC1CN(c2ccc(C(=O)O)cn2)CC(C)O1. The molecule has 5 nitrogen and oxygen atoms in total. The molecule has 0 bridgehead atoms. The molecule has 0 aliphatic carbocycles. The molecule has 1 fully saturated rings. The van der Waals surface area contributed by atoms with Crippen molar-refractivity contribution in [3.05, 3.63) is 23.9 Å². The van der Waals surface area contributed by atoms with Gasteiger partial charge >= 0.3 is 5.97 Å². The van der Waals surface area contributed by atoms with Gasteiger partial charge in [-0.2, -0.15) is 0 Å². The first-order chi connectivity index (χ1) is 8.06. The van der Waals surface area contributed by atoms with Crippen molar-refractivity contribution in [2.75, 3.05) is 18.0 Å². The van der Waals surface area contributed by atoms with E-state index in [0.717, 1.165) is 18.9 Å². The lowest BCUT2D eigenvalue weighted by atomic mass is 10.2. The van der Waals surface area contributed by atoms with Crippen LogP contribution in [0.2, 0.25) is 0 Å². The van der Waals surface area contributed by atoms with E-state index < -0.39 is 5.97 Å². The van der Waals surface area contributed by atoms with Crippen LogP contribution in [0.15, 0.2) is 18.3 Å². The third-order valence-corrected chi connectivity index (χ3v) is 2.74. The molecule has 0 amide bonds. The summed E-state index contributed by atoms with van der Waals surface area (Å²) in [6.45, 7) is 5.61. The summed E-state index contributed by atoms with van der Waals surface area (Å²) in [5.41, 5.74) is 0.211. The quantitative estimate of drug-likeness (QED) is 0.840. The highest BCUT2D eigenvalue weighted by Gasteiger charge is 2.23. The van der Waals surface area contributed by atoms with Gasteiger partial charge in [-0.25, -0.2) is 9.78 Å². The van der Waals surface area contributed by atoms with E-state index in [2.05, 4.69) is 9.88 Å².